The smallest absolute Gasteiger partial charge is 0.319 e. The van der Waals surface area contributed by atoms with Gasteiger partial charge in [-0.25, -0.2) is 13.2 Å². The van der Waals surface area contributed by atoms with E-state index in [1.54, 1.807) is 42.7 Å². The minimum atomic E-state index is -3.65. The lowest BCUT2D eigenvalue weighted by molar-refractivity contribution is 0.251. The lowest BCUT2D eigenvalue weighted by Crippen LogP contribution is -2.28. The maximum Gasteiger partial charge on any atom is 0.319 e. The van der Waals surface area contributed by atoms with E-state index in [2.05, 4.69) is 20.3 Å². The molecule has 172 valence electrons. The van der Waals surface area contributed by atoms with Gasteiger partial charge < -0.3 is 10.6 Å². The molecule has 34 heavy (non-hydrogen) atoms. The fourth-order valence-corrected chi connectivity index (χ4v) is 4.68. The van der Waals surface area contributed by atoms with E-state index < -0.39 is 10.0 Å². The number of nitrogens with zero attached hydrogens (tertiary/aromatic N) is 1. The number of carbonyl (C=O) groups excluding carboxylic acids is 1. The number of hydrogen-bond acceptors (Lipinski definition) is 4. The van der Waals surface area contributed by atoms with Crippen LogP contribution in [-0.2, 0) is 22.3 Å². The second-order valence-corrected chi connectivity index (χ2v) is 9.35. The Kier molecular flexibility index (Phi) is 7.19. The molecule has 0 radical (unpaired) electrons. The average molecular weight is 473 g/mol. The Bertz CT molecular complexity index is 1340. The molecule has 3 aromatic carbocycles. The number of amides is 2. The van der Waals surface area contributed by atoms with Gasteiger partial charge in [0.25, 0.3) is 0 Å². The van der Waals surface area contributed by atoms with Crippen molar-refractivity contribution in [3.8, 4) is 11.1 Å². The van der Waals surface area contributed by atoms with Crippen molar-refractivity contribution in [3.05, 3.63) is 115 Å². The number of rotatable bonds is 8. The second kappa shape index (κ2) is 10.6. The van der Waals surface area contributed by atoms with Gasteiger partial charge in [-0.3, -0.25) is 9.71 Å². The van der Waals surface area contributed by atoms with Crippen LogP contribution in [0.15, 0.2) is 103 Å². The highest BCUT2D eigenvalue weighted by Crippen LogP contribution is 2.25. The summed E-state index contributed by atoms with van der Waals surface area (Å²) in [4.78, 5) is 16.1. The highest BCUT2D eigenvalue weighted by atomic mass is 32.2. The van der Waals surface area contributed by atoms with Crippen molar-refractivity contribution < 1.29 is 13.2 Å². The van der Waals surface area contributed by atoms with Crippen molar-refractivity contribution in [2.75, 3.05) is 10.0 Å². The number of anilines is 2. The van der Waals surface area contributed by atoms with Crippen LogP contribution in [0.25, 0.3) is 11.1 Å². The summed E-state index contributed by atoms with van der Waals surface area (Å²) in [6, 6.07) is 26.9. The van der Waals surface area contributed by atoms with Gasteiger partial charge in [-0.05, 0) is 52.6 Å². The third-order valence-electron chi connectivity index (χ3n) is 5.04. The zero-order valence-corrected chi connectivity index (χ0v) is 19.1. The molecule has 0 saturated heterocycles. The largest absolute Gasteiger partial charge is 0.334 e. The first-order chi connectivity index (χ1) is 16.5. The molecular weight excluding hydrogens is 448 g/mol. The first kappa shape index (κ1) is 23.0. The highest BCUT2D eigenvalue weighted by Gasteiger charge is 2.15. The SMILES string of the molecule is O=C(NCc1cccnc1)Nc1ccc(NS(=O)(=O)Cc2ccccc2-c2ccccc2)cc1. The monoisotopic (exact) mass is 472 g/mol. The molecule has 0 bridgehead atoms. The maximum absolute atomic E-state index is 12.8. The van der Waals surface area contributed by atoms with E-state index in [0.29, 0.717) is 23.5 Å². The van der Waals surface area contributed by atoms with Crippen LogP contribution in [0.5, 0.6) is 0 Å². The summed E-state index contributed by atoms with van der Waals surface area (Å²) >= 11 is 0. The summed E-state index contributed by atoms with van der Waals surface area (Å²) in [7, 11) is -3.65. The number of benzene rings is 3. The van der Waals surface area contributed by atoms with E-state index in [1.807, 2.05) is 60.7 Å². The summed E-state index contributed by atoms with van der Waals surface area (Å²) < 4.78 is 28.3. The van der Waals surface area contributed by atoms with E-state index in [1.165, 1.54) is 0 Å². The van der Waals surface area contributed by atoms with Crippen molar-refractivity contribution in [2.45, 2.75) is 12.3 Å². The third kappa shape index (κ3) is 6.43. The first-order valence-corrected chi connectivity index (χ1v) is 12.3. The summed E-state index contributed by atoms with van der Waals surface area (Å²) in [5.41, 5.74) is 4.40. The van der Waals surface area contributed by atoms with Gasteiger partial charge >= 0.3 is 6.03 Å². The van der Waals surface area contributed by atoms with Gasteiger partial charge in [0.15, 0.2) is 0 Å². The summed E-state index contributed by atoms with van der Waals surface area (Å²) in [5.74, 6) is -0.158. The molecule has 0 spiro atoms. The number of urea groups is 1. The molecule has 0 unspecified atom stereocenters. The zero-order chi connectivity index (χ0) is 23.8. The van der Waals surface area contributed by atoms with Gasteiger partial charge in [-0.2, -0.15) is 0 Å². The molecule has 3 N–H and O–H groups in total. The number of aromatic nitrogens is 1. The molecule has 0 saturated carbocycles. The summed E-state index contributed by atoms with van der Waals surface area (Å²) in [5, 5.41) is 5.46. The van der Waals surface area contributed by atoms with Crippen LogP contribution in [-0.4, -0.2) is 19.4 Å². The van der Waals surface area contributed by atoms with Crippen LogP contribution in [0.2, 0.25) is 0 Å². The van der Waals surface area contributed by atoms with E-state index >= 15 is 0 Å². The molecule has 4 aromatic rings. The fourth-order valence-electron chi connectivity index (χ4n) is 3.45. The van der Waals surface area contributed by atoms with Crippen molar-refractivity contribution in [1.29, 1.82) is 0 Å². The normalized spacial score (nSPS) is 10.9. The van der Waals surface area contributed by atoms with Crippen LogP contribution in [0.1, 0.15) is 11.1 Å². The van der Waals surface area contributed by atoms with E-state index in [4.69, 9.17) is 0 Å². The number of carbonyl (C=O) groups is 1. The van der Waals surface area contributed by atoms with Crippen LogP contribution < -0.4 is 15.4 Å². The lowest BCUT2D eigenvalue weighted by Gasteiger charge is -2.13. The fraction of sp³-hybridized carbons (Fsp3) is 0.0769. The number of hydrogen-bond donors (Lipinski definition) is 3. The van der Waals surface area contributed by atoms with Crippen LogP contribution >= 0.6 is 0 Å². The van der Waals surface area contributed by atoms with Crippen molar-refractivity contribution in [2.24, 2.45) is 0 Å². The minimum Gasteiger partial charge on any atom is -0.334 e. The highest BCUT2D eigenvalue weighted by molar-refractivity contribution is 7.91. The van der Waals surface area contributed by atoms with Crippen LogP contribution in [0.4, 0.5) is 16.2 Å². The zero-order valence-electron chi connectivity index (χ0n) is 18.3. The van der Waals surface area contributed by atoms with Crippen molar-refractivity contribution in [1.82, 2.24) is 10.3 Å². The summed E-state index contributed by atoms with van der Waals surface area (Å²) in [6.07, 6.45) is 3.35. The Morgan fingerprint density at radius 1 is 0.794 bits per heavy atom. The molecule has 8 heteroatoms. The molecule has 0 aliphatic carbocycles. The molecule has 4 rings (SSSR count). The predicted octanol–water partition coefficient (Wildman–Crippen LogP) is 5.01. The van der Waals surface area contributed by atoms with Gasteiger partial charge in [0.05, 0.1) is 5.75 Å². The number of nitrogens with one attached hydrogen (secondary N) is 3. The van der Waals surface area contributed by atoms with Crippen molar-refractivity contribution in [3.63, 3.8) is 0 Å². The van der Waals surface area contributed by atoms with Crippen LogP contribution in [0, 0.1) is 0 Å². The number of pyridine rings is 1. The lowest BCUT2D eigenvalue weighted by atomic mass is 10.0. The molecule has 1 heterocycles. The van der Waals surface area contributed by atoms with Gasteiger partial charge in [-0.15, -0.1) is 0 Å². The molecule has 0 fully saturated rings. The first-order valence-electron chi connectivity index (χ1n) is 10.7. The Balaban J connectivity index is 1.36. The van der Waals surface area contributed by atoms with Gasteiger partial charge in [0, 0.05) is 30.3 Å². The number of sulfonamides is 1. The Morgan fingerprint density at radius 2 is 1.50 bits per heavy atom. The second-order valence-electron chi connectivity index (χ2n) is 7.63. The maximum atomic E-state index is 12.8. The van der Waals surface area contributed by atoms with E-state index in [9.17, 15) is 13.2 Å². The standard InChI is InChI=1S/C26H24N4O3S/c31-26(28-18-20-7-6-16-27-17-20)29-23-12-14-24(15-13-23)30-34(32,33)19-22-10-4-5-11-25(22)21-8-2-1-3-9-21/h1-17,30H,18-19H2,(H2,28,29,31). The quantitative estimate of drug-likeness (QED) is 0.335. The molecule has 7 nitrogen and oxygen atoms in total. The van der Waals surface area contributed by atoms with Gasteiger partial charge in [0.2, 0.25) is 10.0 Å². The van der Waals surface area contributed by atoms with Gasteiger partial charge in [-0.1, -0.05) is 60.7 Å². The average Bonchev–Trinajstić information content (AvgIpc) is 2.85. The topological polar surface area (TPSA) is 100 Å². The van der Waals surface area contributed by atoms with E-state index in [-0.39, 0.29) is 11.8 Å². The molecule has 1 aromatic heterocycles. The third-order valence-corrected chi connectivity index (χ3v) is 6.28. The molecule has 0 aliphatic heterocycles. The Morgan fingerprint density at radius 3 is 2.24 bits per heavy atom. The molecule has 2 amide bonds. The Labute approximate surface area is 198 Å². The summed E-state index contributed by atoms with van der Waals surface area (Å²) in [6.45, 7) is 0.349. The molecule has 0 aliphatic rings. The molecule has 0 atom stereocenters. The Hall–Kier alpha value is -4.17. The van der Waals surface area contributed by atoms with Crippen molar-refractivity contribution >= 4 is 27.4 Å². The van der Waals surface area contributed by atoms with Crippen LogP contribution in [0.3, 0.4) is 0 Å². The molecular formula is C26H24N4O3S. The van der Waals surface area contributed by atoms with E-state index in [0.717, 1.165) is 16.7 Å². The van der Waals surface area contributed by atoms with Gasteiger partial charge in [0.1, 0.15) is 0 Å². The predicted molar refractivity (Wildman–Crippen MR) is 135 cm³/mol. The minimum absolute atomic E-state index is 0.158.